The standard InChI is InChI=1S/C19H19N3O4S/c1-26-19(23)17-6-2-16(3-7-17)13-27(24,25)21-12-15-4-8-18(9-5-15)22-11-10-20-14-22/h2-11,14,21H,12-13H2,1H3. The molecule has 8 heteroatoms. The highest BCUT2D eigenvalue weighted by atomic mass is 32.2. The van der Waals surface area contributed by atoms with Crippen molar-refractivity contribution in [3.05, 3.63) is 83.9 Å². The van der Waals surface area contributed by atoms with Crippen molar-refractivity contribution in [1.29, 1.82) is 0 Å². The molecule has 0 aliphatic carbocycles. The van der Waals surface area contributed by atoms with Crippen molar-refractivity contribution in [1.82, 2.24) is 14.3 Å². The lowest BCUT2D eigenvalue weighted by Crippen LogP contribution is -2.24. The first-order valence-corrected chi connectivity index (χ1v) is 9.84. The van der Waals surface area contributed by atoms with Crippen molar-refractivity contribution < 1.29 is 17.9 Å². The van der Waals surface area contributed by atoms with Gasteiger partial charge in [0.05, 0.1) is 24.8 Å². The van der Waals surface area contributed by atoms with Gasteiger partial charge in [-0.3, -0.25) is 0 Å². The van der Waals surface area contributed by atoms with Crippen LogP contribution in [0.3, 0.4) is 0 Å². The third-order valence-corrected chi connectivity index (χ3v) is 5.26. The largest absolute Gasteiger partial charge is 0.465 e. The van der Waals surface area contributed by atoms with Crippen LogP contribution in [0, 0.1) is 0 Å². The number of aromatic nitrogens is 2. The van der Waals surface area contributed by atoms with Crippen LogP contribution in [0.2, 0.25) is 0 Å². The summed E-state index contributed by atoms with van der Waals surface area (Å²) in [5, 5.41) is 0. The molecule has 0 aliphatic heterocycles. The van der Waals surface area contributed by atoms with Gasteiger partial charge in [0.2, 0.25) is 10.0 Å². The number of benzene rings is 2. The number of hydrogen-bond acceptors (Lipinski definition) is 5. The molecule has 0 spiro atoms. The number of carbonyl (C=O) groups is 1. The van der Waals surface area contributed by atoms with Gasteiger partial charge in [0.25, 0.3) is 0 Å². The molecule has 0 unspecified atom stereocenters. The first-order valence-electron chi connectivity index (χ1n) is 8.19. The zero-order valence-electron chi connectivity index (χ0n) is 14.7. The average Bonchev–Trinajstić information content (AvgIpc) is 3.21. The Hall–Kier alpha value is -2.97. The van der Waals surface area contributed by atoms with Crippen LogP contribution in [-0.2, 0) is 27.1 Å². The van der Waals surface area contributed by atoms with Gasteiger partial charge >= 0.3 is 5.97 Å². The summed E-state index contributed by atoms with van der Waals surface area (Å²) >= 11 is 0. The fourth-order valence-electron chi connectivity index (χ4n) is 2.52. The van der Waals surface area contributed by atoms with Crippen molar-refractivity contribution in [2.24, 2.45) is 0 Å². The predicted octanol–water partition coefficient (Wildman–Crippen LogP) is 2.28. The quantitative estimate of drug-likeness (QED) is 0.630. The van der Waals surface area contributed by atoms with Crippen LogP contribution in [0.5, 0.6) is 0 Å². The van der Waals surface area contributed by atoms with Gasteiger partial charge in [0.1, 0.15) is 0 Å². The Morgan fingerprint density at radius 2 is 1.74 bits per heavy atom. The van der Waals surface area contributed by atoms with E-state index in [-0.39, 0.29) is 12.3 Å². The Kier molecular flexibility index (Phi) is 5.68. The smallest absolute Gasteiger partial charge is 0.337 e. The summed E-state index contributed by atoms with van der Waals surface area (Å²) in [6.07, 6.45) is 5.23. The molecular weight excluding hydrogens is 366 g/mol. The third-order valence-electron chi connectivity index (χ3n) is 3.97. The maximum absolute atomic E-state index is 12.3. The molecule has 3 aromatic rings. The van der Waals surface area contributed by atoms with Crippen LogP contribution in [0.4, 0.5) is 0 Å². The van der Waals surface area contributed by atoms with Gasteiger partial charge in [-0.05, 0) is 35.4 Å². The van der Waals surface area contributed by atoms with E-state index in [9.17, 15) is 13.2 Å². The molecule has 0 fully saturated rings. The monoisotopic (exact) mass is 385 g/mol. The van der Waals surface area contributed by atoms with Gasteiger partial charge in [-0.2, -0.15) is 0 Å². The molecule has 0 aliphatic rings. The molecule has 0 amide bonds. The highest BCUT2D eigenvalue weighted by molar-refractivity contribution is 7.88. The van der Waals surface area contributed by atoms with E-state index in [2.05, 4.69) is 14.4 Å². The van der Waals surface area contributed by atoms with Crippen molar-refractivity contribution in [3.8, 4) is 5.69 Å². The molecule has 1 N–H and O–H groups in total. The normalized spacial score (nSPS) is 11.3. The van der Waals surface area contributed by atoms with Gasteiger partial charge in [0, 0.05) is 24.6 Å². The van der Waals surface area contributed by atoms with E-state index in [1.165, 1.54) is 7.11 Å². The zero-order valence-corrected chi connectivity index (χ0v) is 15.5. The lowest BCUT2D eigenvalue weighted by atomic mass is 10.1. The summed E-state index contributed by atoms with van der Waals surface area (Å²) in [6, 6.07) is 13.8. The van der Waals surface area contributed by atoms with Crippen LogP contribution in [-0.4, -0.2) is 31.0 Å². The Morgan fingerprint density at radius 3 is 2.33 bits per heavy atom. The number of nitrogens with one attached hydrogen (secondary N) is 1. The average molecular weight is 385 g/mol. The van der Waals surface area contributed by atoms with Gasteiger partial charge in [-0.25, -0.2) is 22.9 Å². The SMILES string of the molecule is COC(=O)c1ccc(CS(=O)(=O)NCc2ccc(-n3ccnc3)cc2)cc1. The Balaban J connectivity index is 1.59. The summed E-state index contributed by atoms with van der Waals surface area (Å²) in [5.41, 5.74) is 2.77. The second kappa shape index (κ2) is 8.15. The second-order valence-electron chi connectivity index (χ2n) is 5.91. The fraction of sp³-hybridized carbons (Fsp3) is 0.158. The summed E-state index contributed by atoms with van der Waals surface area (Å²) in [7, 11) is -2.21. The maximum Gasteiger partial charge on any atom is 0.337 e. The molecule has 140 valence electrons. The number of imidazole rings is 1. The second-order valence-corrected chi connectivity index (χ2v) is 7.71. The van der Waals surface area contributed by atoms with Gasteiger partial charge in [0.15, 0.2) is 0 Å². The number of rotatable bonds is 7. The van der Waals surface area contributed by atoms with E-state index in [4.69, 9.17) is 0 Å². The van der Waals surface area contributed by atoms with E-state index in [0.29, 0.717) is 11.1 Å². The molecule has 1 aromatic heterocycles. The molecule has 0 saturated heterocycles. The summed E-state index contributed by atoms with van der Waals surface area (Å²) in [4.78, 5) is 15.4. The molecule has 3 rings (SSSR count). The number of hydrogen-bond donors (Lipinski definition) is 1. The minimum atomic E-state index is -3.51. The van der Waals surface area contributed by atoms with E-state index in [1.807, 2.05) is 35.0 Å². The Labute approximate surface area is 157 Å². The first kappa shape index (κ1) is 18.8. The molecule has 1 heterocycles. The van der Waals surface area contributed by atoms with E-state index >= 15 is 0 Å². The fourth-order valence-corrected chi connectivity index (χ4v) is 3.64. The van der Waals surface area contributed by atoms with Crippen LogP contribution in [0.1, 0.15) is 21.5 Å². The summed E-state index contributed by atoms with van der Waals surface area (Å²) in [5.74, 6) is -0.622. The van der Waals surface area contributed by atoms with Crippen molar-refractivity contribution in [3.63, 3.8) is 0 Å². The molecule has 0 saturated carbocycles. The lowest BCUT2D eigenvalue weighted by Gasteiger charge is -2.08. The van der Waals surface area contributed by atoms with Crippen LogP contribution < -0.4 is 4.72 Å². The van der Waals surface area contributed by atoms with E-state index in [1.54, 1.807) is 36.8 Å². The third kappa shape index (κ3) is 5.02. The molecule has 0 bridgehead atoms. The number of methoxy groups -OCH3 is 1. The Morgan fingerprint density at radius 1 is 1.07 bits per heavy atom. The minimum Gasteiger partial charge on any atom is -0.465 e. The predicted molar refractivity (Wildman–Crippen MR) is 101 cm³/mol. The van der Waals surface area contributed by atoms with Crippen molar-refractivity contribution in [2.75, 3.05) is 7.11 Å². The topological polar surface area (TPSA) is 90.3 Å². The van der Waals surface area contributed by atoms with Crippen LogP contribution in [0.25, 0.3) is 5.69 Å². The summed E-state index contributed by atoms with van der Waals surface area (Å²) in [6.45, 7) is 0.201. The van der Waals surface area contributed by atoms with Crippen LogP contribution in [0.15, 0.2) is 67.3 Å². The number of esters is 1. The first-order chi connectivity index (χ1) is 13.0. The number of carbonyl (C=O) groups excluding carboxylic acids is 1. The van der Waals surface area contributed by atoms with Crippen molar-refractivity contribution in [2.45, 2.75) is 12.3 Å². The number of nitrogens with zero attached hydrogens (tertiary/aromatic N) is 2. The number of ether oxygens (including phenoxy) is 1. The molecule has 0 radical (unpaired) electrons. The molecule has 2 aromatic carbocycles. The van der Waals surface area contributed by atoms with Gasteiger partial charge in [-0.1, -0.05) is 24.3 Å². The lowest BCUT2D eigenvalue weighted by molar-refractivity contribution is 0.0600. The highest BCUT2D eigenvalue weighted by Crippen LogP contribution is 2.11. The Bertz CT molecular complexity index is 996. The zero-order chi connectivity index (χ0) is 19.3. The molecule has 27 heavy (non-hydrogen) atoms. The maximum atomic E-state index is 12.3. The van der Waals surface area contributed by atoms with Crippen molar-refractivity contribution >= 4 is 16.0 Å². The number of sulfonamides is 1. The van der Waals surface area contributed by atoms with Gasteiger partial charge in [-0.15, -0.1) is 0 Å². The summed E-state index contributed by atoms with van der Waals surface area (Å²) < 4.78 is 33.7. The molecule has 0 atom stereocenters. The van der Waals surface area contributed by atoms with Gasteiger partial charge < -0.3 is 9.30 Å². The minimum absolute atomic E-state index is 0.165. The highest BCUT2D eigenvalue weighted by Gasteiger charge is 2.12. The molecule has 7 nitrogen and oxygen atoms in total. The van der Waals surface area contributed by atoms with Crippen LogP contribution >= 0.6 is 0 Å². The molecular formula is C19H19N3O4S. The van der Waals surface area contributed by atoms with E-state index in [0.717, 1.165) is 11.3 Å². The van der Waals surface area contributed by atoms with E-state index < -0.39 is 16.0 Å².